The number of amides is 2. The lowest BCUT2D eigenvalue weighted by molar-refractivity contribution is -0.151. The third-order valence-corrected chi connectivity index (χ3v) is 3.65. The molecule has 8 heteroatoms. The third kappa shape index (κ3) is 3.26. The second kappa shape index (κ2) is 6.64. The van der Waals surface area contributed by atoms with Crippen LogP contribution in [0.1, 0.15) is 37.9 Å². The highest BCUT2D eigenvalue weighted by Gasteiger charge is 2.46. The third-order valence-electron chi connectivity index (χ3n) is 3.65. The van der Waals surface area contributed by atoms with Crippen LogP contribution in [0.15, 0.2) is 18.2 Å². The standard InChI is InChI=1S/C15H17N3O4.H2O/c1-9(20)18(17-8-19)13-11-6-10(7-16)4-5-12(11)22-15(2,3)14(13)21;/h4-6,8,13-14,21H,1-3H3,(H,17,19);1H2/t13-,14+;/m1./s1. The first kappa shape index (κ1) is 18.4. The highest BCUT2D eigenvalue weighted by molar-refractivity contribution is 5.75. The van der Waals surface area contributed by atoms with Gasteiger partial charge in [0.05, 0.1) is 11.6 Å². The average Bonchev–Trinajstić information content (AvgIpc) is 2.46. The molecular weight excluding hydrogens is 302 g/mol. The number of fused-ring (bicyclic) bond motifs is 1. The second-order valence-electron chi connectivity index (χ2n) is 5.60. The van der Waals surface area contributed by atoms with Gasteiger partial charge in [-0.05, 0) is 32.0 Å². The number of aliphatic hydroxyl groups is 1. The molecule has 1 aliphatic rings. The fourth-order valence-electron chi connectivity index (χ4n) is 2.54. The van der Waals surface area contributed by atoms with Crippen LogP contribution in [0.5, 0.6) is 5.75 Å². The highest BCUT2D eigenvalue weighted by Crippen LogP contribution is 2.42. The summed E-state index contributed by atoms with van der Waals surface area (Å²) in [5.41, 5.74) is 2.17. The van der Waals surface area contributed by atoms with Crippen molar-refractivity contribution in [3.05, 3.63) is 29.3 Å². The van der Waals surface area contributed by atoms with Crippen LogP contribution in [-0.4, -0.2) is 39.6 Å². The molecule has 0 saturated heterocycles. The first-order chi connectivity index (χ1) is 10.3. The van der Waals surface area contributed by atoms with E-state index >= 15 is 0 Å². The van der Waals surface area contributed by atoms with Crippen molar-refractivity contribution in [2.45, 2.75) is 38.5 Å². The van der Waals surface area contributed by atoms with E-state index in [2.05, 4.69) is 5.43 Å². The van der Waals surface area contributed by atoms with Gasteiger partial charge in [0.2, 0.25) is 12.3 Å². The summed E-state index contributed by atoms with van der Waals surface area (Å²) in [6.45, 7) is 4.65. The first-order valence-corrected chi connectivity index (χ1v) is 6.72. The van der Waals surface area contributed by atoms with Gasteiger partial charge in [0.25, 0.3) is 0 Å². The van der Waals surface area contributed by atoms with Gasteiger partial charge in [0.1, 0.15) is 23.5 Å². The monoisotopic (exact) mass is 321 g/mol. The molecule has 2 amide bonds. The predicted molar refractivity (Wildman–Crippen MR) is 79.9 cm³/mol. The molecule has 4 N–H and O–H groups in total. The minimum absolute atomic E-state index is 0. The Morgan fingerprint density at radius 2 is 2.17 bits per heavy atom. The van der Waals surface area contributed by atoms with E-state index in [1.165, 1.54) is 6.92 Å². The van der Waals surface area contributed by atoms with Gasteiger partial charge in [-0.1, -0.05) is 0 Å². The molecule has 0 unspecified atom stereocenters. The number of benzene rings is 1. The molecule has 0 aliphatic carbocycles. The van der Waals surface area contributed by atoms with Crippen LogP contribution in [0, 0.1) is 11.3 Å². The molecule has 124 valence electrons. The summed E-state index contributed by atoms with van der Waals surface area (Å²) in [4.78, 5) is 22.6. The quantitative estimate of drug-likeness (QED) is 0.588. The van der Waals surface area contributed by atoms with Crippen molar-refractivity contribution in [3.63, 3.8) is 0 Å². The molecule has 1 aliphatic heterocycles. The number of aliphatic hydroxyl groups excluding tert-OH is 1. The number of carbonyl (C=O) groups is 2. The minimum Gasteiger partial charge on any atom is -0.485 e. The lowest BCUT2D eigenvalue weighted by Gasteiger charge is -2.45. The van der Waals surface area contributed by atoms with Crippen molar-refractivity contribution in [2.75, 3.05) is 0 Å². The molecule has 8 nitrogen and oxygen atoms in total. The van der Waals surface area contributed by atoms with E-state index in [-0.39, 0.29) is 5.48 Å². The summed E-state index contributed by atoms with van der Waals surface area (Å²) in [7, 11) is 0. The molecule has 0 saturated carbocycles. The number of nitrogens with zero attached hydrogens (tertiary/aromatic N) is 2. The van der Waals surface area contributed by atoms with Crippen molar-refractivity contribution >= 4 is 12.3 Å². The Hall–Kier alpha value is -2.63. The van der Waals surface area contributed by atoms with Gasteiger partial charge >= 0.3 is 0 Å². The number of rotatable bonds is 3. The molecule has 0 spiro atoms. The molecule has 2 rings (SSSR count). The molecule has 23 heavy (non-hydrogen) atoms. The smallest absolute Gasteiger partial charge is 0.238 e. The Bertz CT molecular complexity index is 653. The molecule has 0 fully saturated rings. The van der Waals surface area contributed by atoms with Crippen molar-refractivity contribution in [1.29, 1.82) is 5.26 Å². The molecule has 0 radical (unpaired) electrons. The Morgan fingerprint density at radius 1 is 1.52 bits per heavy atom. The predicted octanol–water partition coefficient (Wildman–Crippen LogP) is -0.184. The van der Waals surface area contributed by atoms with E-state index in [9.17, 15) is 14.7 Å². The van der Waals surface area contributed by atoms with Crippen molar-refractivity contribution in [2.24, 2.45) is 0 Å². The number of ether oxygens (including phenoxy) is 1. The summed E-state index contributed by atoms with van der Waals surface area (Å²) in [5, 5.41) is 20.7. The average molecular weight is 321 g/mol. The summed E-state index contributed by atoms with van der Waals surface area (Å²) < 4.78 is 5.76. The van der Waals surface area contributed by atoms with E-state index in [1.807, 2.05) is 6.07 Å². The number of nitrogens with one attached hydrogen (secondary N) is 1. The first-order valence-electron chi connectivity index (χ1n) is 6.72. The zero-order chi connectivity index (χ0) is 16.5. The molecule has 1 heterocycles. The summed E-state index contributed by atoms with van der Waals surface area (Å²) >= 11 is 0. The number of hydrogen-bond donors (Lipinski definition) is 2. The fourth-order valence-corrected chi connectivity index (χ4v) is 2.54. The SMILES string of the molecule is CC(=O)N(NC=O)[C@@H]1c2cc(C#N)ccc2OC(C)(C)[C@H]1O.O. The zero-order valence-corrected chi connectivity index (χ0v) is 13.0. The molecule has 2 atom stereocenters. The van der Waals surface area contributed by atoms with E-state index < -0.39 is 23.7 Å². The van der Waals surface area contributed by atoms with Crippen LogP contribution in [0.2, 0.25) is 0 Å². The number of nitriles is 1. The lowest BCUT2D eigenvalue weighted by Crippen LogP contribution is -2.57. The Kier molecular flexibility index (Phi) is 5.32. The van der Waals surface area contributed by atoms with Crippen molar-refractivity contribution < 1.29 is 24.9 Å². The van der Waals surface area contributed by atoms with E-state index in [0.29, 0.717) is 23.3 Å². The van der Waals surface area contributed by atoms with Gasteiger partial charge in [-0.15, -0.1) is 0 Å². The van der Waals surface area contributed by atoms with Gasteiger partial charge in [-0.25, -0.2) is 5.01 Å². The maximum absolute atomic E-state index is 11.8. The zero-order valence-electron chi connectivity index (χ0n) is 13.0. The van der Waals surface area contributed by atoms with Crippen LogP contribution in [0.25, 0.3) is 0 Å². The number of hydrogen-bond acceptors (Lipinski definition) is 5. The number of hydrazine groups is 1. The Balaban J connectivity index is 0.00000264. The summed E-state index contributed by atoms with van der Waals surface area (Å²) in [6, 6.07) is 5.90. The van der Waals surface area contributed by atoms with E-state index in [0.717, 1.165) is 5.01 Å². The fraction of sp³-hybridized carbons (Fsp3) is 0.400. The van der Waals surface area contributed by atoms with E-state index in [1.54, 1.807) is 32.0 Å². The molecule has 0 aromatic heterocycles. The van der Waals surface area contributed by atoms with Crippen LogP contribution in [-0.2, 0) is 9.59 Å². The maximum atomic E-state index is 11.8. The topological polar surface area (TPSA) is 134 Å². The minimum atomic E-state index is -1.09. The van der Waals surface area contributed by atoms with Gasteiger partial charge in [-0.3, -0.25) is 15.0 Å². The normalized spacial score (nSPS) is 20.8. The van der Waals surface area contributed by atoms with Crippen LogP contribution < -0.4 is 10.2 Å². The Labute approximate surface area is 133 Å². The van der Waals surface area contributed by atoms with Crippen molar-refractivity contribution in [1.82, 2.24) is 10.4 Å². The van der Waals surface area contributed by atoms with Crippen LogP contribution in [0.4, 0.5) is 0 Å². The van der Waals surface area contributed by atoms with Gasteiger partial charge in [-0.2, -0.15) is 5.26 Å². The molecule has 1 aromatic rings. The lowest BCUT2D eigenvalue weighted by atomic mass is 9.85. The van der Waals surface area contributed by atoms with Crippen LogP contribution in [0.3, 0.4) is 0 Å². The summed E-state index contributed by atoms with van der Waals surface area (Å²) in [6.07, 6.45) is -0.727. The summed E-state index contributed by atoms with van der Waals surface area (Å²) in [5.74, 6) is 0.0143. The van der Waals surface area contributed by atoms with Gasteiger partial charge in [0.15, 0.2) is 0 Å². The number of carbonyl (C=O) groups excluding carboxylic acids is 2. The van der Waals surface area contributed by atoms with Gasteiger partial charge < -0.3 is 15.3 Å². The molecule has 0 bridgehead atoms. The molecular formula is C15H19N3O5. The van der Waals surface area contributed by atoms with Crippen LogP contribution >= 0.6 is 0 Å². The second-order valence-corrected chi connectivity index (χ2v) is 5.60. The largest absolute Gasteiger partial charge is 0.485 e. The Morgan fingerprint density at radius 3 is 2.70 bits per heavy atom. The highest BCUT2D eigenvalue weighted by atomic mass is 16.5. The van der Waals surface area contributed by atoms with E-state index in [4.69, 9.17) is 10.00 Å². The maximum Gasteiger partial charge on any atom is 0.238 e. The van der Waals surface area contributed by atoms with Crippen molar-refractivity contribution in [3.8, 4) is 11.8 Å². The molecule has 1 aromatic carbocycles. The van der Waals surface area contributed by atoms with Gasteiger partial charge in [0, 0.05) is 12.5 Å².